The standard InChI is InChI=1S/C20H24N2/c1-16-20(14-9-15-22(2)3,17-10-5-4-6-11-17)18-12-7-8-13-19(18)21-16/h4-8,10-13H,9,14-15H2,1-3H3. The Morgan fingerprint density at radius 2 is 1.64 bits per heavy atom. The van der Waals surface area contributed by atoms with Crippen LogP contribution in [0.2, 0.25) is 0 Å². The van der Waals surface area contributed by atoms with E-state index in [1.807, 2.05) is 0 Å². The summed E-state index contributed by atoms with van der Waals surface area (Å²) in [6, 6.07) is 19.5. The lowest BCUT2D eigenvalue weighted by Gasteiger charge is -2.32. The molecule has 2 aromatic rings. The van der Waals surface area contributed by atoms with Crippen LogP contribution < -0.4 is 0 Å². The third-order valence-corrected chi connectivity index (χ3v) is 4.69. The molecular formula is C20H24N2. The maximum atomic E-state index is 4.88. The molecule has 0 aromatic heterocycles. The third kappa shape index (κ3) is 2.48. The van der Waals surface area contributed by atoms with Crippen LogP contribution in [-0.4, -0.2) is 31.3 Å². The van der Waals surface area contributed by atoms with Crippen LogP contribution in [0.1, 0.15) is 30.9 Å². The van der Waals surface area contributed by atoms with Gasteiger partial charge in [0.25, 0.3) is 0 Å². The monoisotopic (exact) mass is 292 g/mol. The zero-order chi connectivity index (χ0) is 15.6. The lowest BCUT2D eigenvalue weighted by Crippen LogP contribution is -2.34. The van der Waals surface area contributed by atoms with E-state index in [1.165, 1.54) is 16.8 Å². The molecule has 2 aromatic carbocycles. The molecule has 2 heteroatoms. The summed E-state index contributed by atoms with van der Waals surface area (Å²) in [5.41, 5.74) is 5.01. The Labute approximate surface area is 133 Å². The van der Waals surface area contributed by atoms with E-state index >= 15 is 0 Å². The topological polar surface area (TPSA) is 15.6 Å². The molecule has 0 fully saturated rings. The van der Waals surface area contributed by atoms with Crippen LogP contribution in [0, 0.1) is 0 Å². The van der Waals surface area contributed by atoms with Crippen molar-refractivity contribution < 1.29 is 0 Å². The van der Waals surface area contributed by atoms with Gasteiger partial charge >= 0.3 is 0 Å². The molecule has 1 aliphatic heterocycles. The minimum atomic E-state index is -0.0616. The molecule has 114 valence electrons. The molecule has 1 atom stereocenters. The van der Waals surface area contributed by atoms with Crippen LogP contribution in [0.25, 0.3) is 0 Å². The first-order valence-electron chi connectivity index (χ1n) is 8.00. The van der Waals surface area contributed by atoms with Gasteiger partial charge in [-0.3, -0.25) is 4.99 Å². The minimum absolute atomic E-state index is 0.0616. The Morgan fingerprint density at radius 3 is 2.36 bits per heavy atom. The van der Waals surface area contributed by atoms with Crippen molar-refractivity contribution in [3.8, 4) is 0 Å². The molecule has 0 bridgehead atoms. The minimum Gasteiger partial charge on any atom is -0.309 e. The Kier molecular flexibility index (Phi) is 4.12. The van der Waals surface area contributed by atoms with Gasteiger partial charge in [-0.1, -0.05) is 48.5 Å². The summed E-state index contributed by atoms with van der Waals surface area (Å²) in [7, 11) is 4.28. The SMILES string of the molecule is CC1=Nc2ccccc2C1(CCCN(C)C)c1ccccc1. The first-order chi connectivity index (χ1) is 10.6. The summed E-state index contributed by atoms with van der Waals surface area (Å²) in [6.07, 6.45) is 2.25. The number of fused-ring (bicyclic) bond motifs is 1. The second-order valence-corrected chi connectivity index (χ2v) is 6.39. The Bertz CT molecular complexity index is 673. The molecule has 0 saturated heterocycles. The van der Waals surface area contributed by atoms with Gasteiger partial charge in [0.05, 0.1) is 11.1 Å². The van der Waals surface area contributed by atoms with Crippen LogP contribution in [-0.2, 0) is 5.41 Å². The van der Waals surface area contributed by atoms with Crippen molar-refractivity contribution in [3.05, 3.63) is 65.7 Å². The fraction of sp³-hybridized carbons (Fsp3) is 0.350. The highest BCUT2D eigenvalue weighted by Gasteiger charge is 2.41. The average molecular weight is 292 g/mol. The molecule has 22 heavy (non-hydrogen) atoms. The molecule has 0 amide bonds. The van der Waals surface area contributed by atoms with E-state index in [9.17, 15) is 0 Å². The van der Waals surface area contributed by atoms with Gasteiger partial charge in [-0.25, -0.2) is 0 Å². The predicted octanol–water partition coefficient (Wildman–Crippen LogP) is 4.42. The number of benzene rings is 2. The van der Waals surface area contributed by atoms with Crippen molar-refractivity contribution in [2.75, 3.05) is 20.6 Å². The molecule has 0 spiro atoms. The van der Waals surface area contributed by atoms with Crippen LogP contribution in [0.5, 0.6) is 0 Å². The molecule has 0 radical (unpaired) electrons. The molecule has 1 unspecified atom stereocenters. The lowest BCUT2D eigenvalue weighted by molar-refractivity contribution is 0.382. The Morgan fingerprint density at radius 1 is 0.955 bits per heavy atom. The molecule has 1 heterocycles. The van der Waals surface area contributed by atoms with Crippen LogP contribution in [0.3, 0.4) is 0 Å². The van der Waals surface area contributed by atoms with Crippen LogP contribution >= 0.6 is 0 Å². The van der Waals surface area contributed by atoms with Gasteiger partial charge in [0.1, 0.15) is 0 Å². The van der Waals surface area contributed by atoms with E-state index in [-0.39, 0.29) is 5.41 Å². The molecule has 0 aliphatic carbocycles. The number of rotatable bonds is 5. The van der Waals surface area contributed by atoms with Crippen molar-refractivity contribution >= 4 is 11.4 Å². The smallest absolute Gasteiger partial charge is 0.0674 e. The fourth-order valence-corrected chi connectivity index (χ4v) is 3.61. The third-order valence-electron chi connectivity index (χ3n) is 4.69. The fourth-order valence-electron chi connectivity index (χ4n) is 3.61. The van der Waals surface area contributed by atoms with Gasteiger partial charge in [-0.2, -0.15) is 0 Å². The van der Waals surface area contributed by atoms with Crippen LogP contribution in [0.4, 0.5) is 5.69 Å². The Hall–Kier alpha value is -1.93. The normalized spacial score (nSPS) is 20.1. The first-order valence-corrected chi connectivity index (χ1v) is 8.00. The van der Waals surface area contributed by atoms with Gasteiger partial charge in [0, 0.05) is 5.71 Å². The van der Waals surface area contributed by atoms with Gasteiger partial charge in [-0.05, 0) is 57.6 Å². The summed E-state index contributed by atoms with van der Waals surface area (Å²) in [5, 5.41) is 0. The van der Waals surface area contributed by atoms with E-state index in [2.05, 4.69) is 80.5 Å². The van der Waals surface area contributed by atoms with Crippen molar-refractivity contribution in [1.82, 2.24) is 4.90 Å². The quantitative estimate of drug-likeness (QED) is 0.796. The van der Waals surface area contributed by atoms with Crippen molar-refractivity contribution in [1.29, 1.82) is 0 Å². The lowest BCUT2D eigenvalue weighted by atomic mass is 9.69. The van der Waals surface area contributed by atoms with Crippen LogP contribution in [0.15, 0.2) is 59.6 Å². The first kappa shape index (κ1) is 15.0. The summed E-state index contributed by atoms with van der Waals surface area (Å²) < 4.78 is 0. The highest BCUT2D eigenvalue weighted by atomic mass is 15.0. The molecule has 1 aliphatic rings. The van der Waals surface area contributed by atoms with E-state index in [0.717, 1.165) is 25.1 Å². The number of hydrogen-bond donors (Lipinski definition) is 0. The number of para-hydroxylation sites is 1. The Balaban J connectivity index is 2.07. The summed E-state index contributed by atoms with van der Waals surface area (Å²) >= 11 is 0. The number of nitrogens with zero attached hydrogens (tertiary/aromatic N) is 2. The number of aliphatic imine (C=N–C) groups is 1. The summed E-state index contributed by atoms with van der Waals surface area (Å²) in [6.45, 7) is 3.28. The molecular weight excluding hydrogens is 268 g/mol. The van der Waals surface area contributed by atoms with Gasteiger partial charge in [0.15, 0.2) is 0 Å². The van der Waals surface area contributed by atoms with Crippen molar-refractivity contribution in [3.63, 3.8) is 0 Å². The maximum Gasteiger partial charge on any atom is 0.0674 e. The summed E-state index contributed by atoms with van der Waals surface area (Å²) in [5.74, 6) is 0. The van der Waals surface area contributed by atoms with Crippen molar-refractivity contribution in [2.24, 2.45) is 4.99 Å². The second-order valence-electron chi connectivity index (χ2n) is 6.39. The highest BCUT2D eigenvalue weighted by Crippen LogP contribution is 2.47. The highest BCUT2D eigenvalue weighted by molar-refractivity contribution is 6.03. The second kappa shape index (κ2) is 6.05. The molecule has 3 rings (SSSR count). The predicted molar refractivity (Wildman–Crippen MR) is 94.2 cm³/mol. The zero-order valence-electron chi connectivity index (χ0n) is 13.7. The summed E-state index contributed by atoms with van der Waals surface area (Å²) in [4.78, 5) is 7.14. The van der Waals surface area contributed by atoms with Gasteiger partial charge in [0.2, 0.25) is 0 Å². The molecule has 0 saturated carbocycles. The molecule has 0 N–H and O–H groups in total. The van der Waals surface area contributed by atoms with E-state index in [1.54, 1.807) is 0 Å². The average Bonchev–Trinajstić information content (AvgIpc) is 2.81. The van der Waals surface area contributed by atoms with E-state index in [0.29, 0.717) is 0 Å². The van der Waals surface area contributed by atoms with Gasteiger partial charge < -0.3 is 4.90 Å². The van der Waals surface area contributed by atoms with Gasteiger partial charge in [-0.15, -0.1) is 0 Å². The van der Waals surface area contributed by atoms with E-state index < -0.39 is 0 Å². The zero-order valence-corrected chi connectivity index (χ0v) is 13.7. The largest absolute Gasteiger partial charge is 0.309 e. The maximum absolute atomic E-state index is 4.88. The van der Waals surface area contributed by atoms with E-state index in [4.69, 9.17) is 4.99 Å². The van der Waals surface area contributed by atoms with Crippen molar-refractivity contribution in [2.45, 2.75) is 25.2 Å². The molecule has 2 nitrogen and oxygen atoms in total. The number of hydrogen-bond acceptors (Lipinski definition) is 2.